The molecule has 0 saturated carbocycles. The van der Waals surface area contributed by atoms with Crippen LogP contribution in [0.15, 0.2) is 84.0 Å². The Labute approximate surface area is 145 Å². The van der Waals surface area contributed by atoms with Crippen molar-refractivity contribution < 1.29 is 14.6 Å². The molecule has 0 aromatic heterocycles. The Bertz CT molecular complexity index is 892. The van der Waals surface area contributed by atoms with Crippen molar-refractivity contribution in [1.29, 1.82) is 0 Å². The van der Waals surface area contributed by atoms with Crippen LogP contribution in [0.1, 0.15) is 15.9 Å². The molecular formula is C20H16N2O3. The summed E-state index contributed by atoms with van der Waals surface area (Å²) in [7, 11) is 0. The Morgan fingerprint density at radius 2 is 1.68 bits per heavy atom. The average molecular weight is 332 g/mol. The molecule has 0 atom stereocenters. The number of aromatic carboxylic acids is 1. The van der Waals surface area contributed by atoms with Crippen LogP contribution in [0.2, 0.25) is 0 Å². The summed E-state index contributed by atoms with van der Waals surface area (Å²) in [6.45, 7) is 0. The maximum atomic E-state index is 11.0. The number of nitrogens with zero attached hydrogens (tertiary/aromatic N) is 1. The minimum atomic E-state index is -0.974. The molecule has 0 fully saturated rings. The lowest BCUT2D eigenvalue weighted by Crippen LogP contribution is -1.97. The van der Waals surface area contributed by atoms with Crippen LogP contribution in [-0.4, -0.2) is 17.3 Å². The number of carboxylic acid groups (broad SMARTS) is 1. The normalized spacial score (nSPS) is 10.6. The first-order valence-corrected chi connectivity index (χ1v) is 7.66. The standard InChI is InChI=1S/C20H16N2O3/c23-20(24)16-7-5-8-17(13-16)22-21-14-15-6-4-11-19(12-15)25-18-9-2-1-3-10-18/h1-14,22H,(H,23,24)/b21-14+. The molecule has 3 rings (SSSR count). The van der Waals surface area contributed by atoms with Gasteiger partial charge in [-0.25, -0.2) is 4.79 Å². The molecule has 5 nitrogen and oxygen atoms in total. The zero-order valence-electron chi connectivity index (χ0n) is 13.3. The minimum Gasteiger partial charge on any atom is -0.478 e. The highest BCUT2D eigenvalue weighted by Gasteiger charge is 2.02. The van der Waals surface area contributed by atoms with Crippen LogP contribution >= 0.6 is 0 Å². The highest BCUT2D eigenvalue weighted by Crippen LogP contribution is 2.21. The predicted molar refractivity (Wildman–Crippen MR) is 97.6 cm³/mol. The summed E-state index contributed by atoms with van der Waals surface area (Å²) in [4.78, 5) is 11.0. The largest absolute Gasteiger partial charge is 0.478 e. The topological polar surface area (TPSA) is 70.9 Å². The van der Waals surface area contributed by atoms with Crippen LogP contribution in [0.4, 0.5) is 5.69 Å². The predicted octanol–water partition coefficient (Wildman–Crippen LogP) is 4.62. The highest BCUT2D eigenvalue weighted by molar-refractivity contribution is 5.89. The number of hydrogen-bond acceptors (Lipinski definition) is 4. The first-order valence-electron chi connectivity index (χ1n) is 7.66. The molecule has 3 aromatic carbocycles. The Balaban J connectivity index is 1.66. The second-order valence-electron chi connectivity index (χ2n) is 5.24. The minimum absolute atomic E-state index is 0.207. The number of ether oxygens (including phenoxy) is 1. The molecule has 0 amide bonds. The van der Waals surface area contributed by atoms with Gasteiger partial charge in [0.1, 0.15) is 11.5 Å². The summed E-state index contributed by atoms with van der Waals surface area (Å²) in [5.74, 6) is 0.501. The van der Waals surface area contributed by atoms with E-state index >= 15 is 0 Å². The van der Waals surface area contributed by atoms with E-state index in [1.165, 1.54) is 12.1 Å². The Morgan fingerprint density at radius 3 is 2.48 bits per heavy atom. The number of rotatable bonds is 6. The summed E-state index contributed by atoms with van der Waals surface area (Å²) in [5.41, 5.74) is 4.49. The van der Waals surface area contributed by atoms with Crippen molar-refractivity contribution in [2.75, 3.05) is 5.43 Å². The van der Waals surface area contributed by atoms with Crippen molar-refractivity contribution in [1.82, 2.24) is 0 Å². The third-order valence-electron chi connectivity index (χ3n) is 3.35. The van der Waals surface area contributed by atoms with Crippen molar-refractivity contribution in [3.05, 3.63) is 90.0 Å². The van der Waals surface area contributed by atoms with Gasteiger partial charge in [0.05, 0.1) is 17.5 Å². The third-order valence-corrected chi connectivity index (χ3v) is 3.35. The zero-order valence-corrected chi connectivity index (χ0v) is 13.3. The maximum Gasteiger partial charge on any atom is 0.335 e. The Kier molecular flexibility index (Phi) is 5.07. The van der Waals surface area contributed by atoms with E-state index < -0.39 is 5.97 Å². The van der Waals surface area contributed by atoms with Crippen LogP contribution in [0, 0.1) is 0 Å². The van der Waals surface area contributed by atoms with Crippen LogP contribution in [-0.2, 0) is 0 Å². The fourth-order valence-corrected chi connectivity index (χ4v) is 2.19. The number of carboxylic acids is 1. The van der Waals surface area contributed by atoms with Crippen LogP contribution in [0.25, 0.3) is 0 Å². The maximum absolute atomic E-state index is 11.0. The molecule has 124 valence electrons. The quantitative estimate of drug-likeness (QED) is 0.510. The average Bonchev–Trinajstić information content (AvgIpc) is 2.63. The second kappa shape index (κ2) is 7.79. The van der Waals surface area contributed by atoms with E-state index in [-0.39, 0.29) is 5.56 Å². The number of nitrogens with one attached hydrogen (secondary N) is 1. The van der Waals surface area contributed by atoms with E-state index in [0.29, 0.717) is 11.4 Å². The fraction of sp³-hybridized carbons (Fsp3) is 0. The van der Waals surface area contributed by atoms with E-state index in [2.05, 4.69) is 10.5 Å². The molecule has 0 unspecified atom stereocenters. The van der Waals surface area contributed by atoms with Gasteiger partial charge in [-0.2, -0.15) is 5.10 Å². The van der Waals surface area contributed by atoms with Gasteiger partial charge in [-0.1, -0.05) is 36.4 Å². The molecule has 0 aliphatic rings. The van der Waals surface area contributed by atoms with Gasteiger partial charge in [0.25, 0.3) is 0 Å². The highest BCUT2D eigenvalue weighted by atomic mass is 16.5. The van der Waals surface area contributed by atoms with Gasteiger partial charge in [0.15, 0.2) is 0 Å². The van der Waals surface area contributed by atoms with E-state index in [0.717, 1.165) is 11.3 Å². The lowest BCUT2D eigenvalue weighted by Gasteiger charge is -2.06. The van der Waals surface area contributed by atoms with Gasteiger partial charge >= 0.3 is 5.97 Å². The van der Waals surface area contributed by atoms with Crippen LogP contribution in [0.5, 0.6) is 11.5 Å². The van der Waals surface area contributed by atoms with Crippen molar-refractivity contribution in [3.63, 3.8) is 0 Å². The molecular weight excluding hydrogens is 316 g/mol. The number of para-hydroxylation sites is 1. The number of hydrazone groups is 1. The molecule has 0 bridgehead atoms. The lowest BCUT2D eigenvalue weighted by atomic mass is 10.2. The van der Waals surface area contributed by atoms with Gasteiger partial charge < -0.3 is 9.84 Å². The van der Waals surface area contributed by atoms with E-state index in [1.807, 2.05) is 54.6 Å². The lowest BCUT2D eigenvalue weighted by molar-refractivity contribution is 0.0697. The smallest absolute Gasteiger partial charge is 0.335 e. The van der Waals surface area contributed by atoms with Gasteiger partial charge in [-0.3, -0.25) is 5.43 Å². The number of carbonyl (C=O) groups is 1. The Hall–Kier alpha value is -3.60. The van der Waals surface area contributed by atoms with E-state index in [1.54, 1.807) is 18.3 Å². The summed E-state index contributed by atoms with van der Waals surface area (Å²) in [5, 5.41) is 13.1. The summed E-state index contributed by atoms with van der Waals surface area (Å²) in [6.07, 6.45) is 1.64. The summed E-state index contributed by atoms with van der Waals surface area (Å²) < 4.78 is 5.78. The number of hydrogen-bond donors (Lipinski definition) is 2. The summed E-state index contributed by atoms with van der Waals surface area (Å²) >= 11 is 0. The molecule has 0 heterocycles. The summed E-state index contributed by atoms with van der Waals surface area (Å²) in [6, 6.07) is 23.5. The molecule has 0 aliphatic heterocycles. The second-order valence-corrected chi connectivity index (χ2v) is 5.24. The zero-order chi connectivity index (χ0) is 17.5. The van der Waals surface area contributed by atoms with Crippen molar-refractivity contribution >= 4 is 17.9 Å². The molecule has 0 aliphatic carbocycles. The van der Waals surface area contributed by atoms with Crippen LogP contribution in [0.3, 0.4) is 0 Å². The monoisotopic (exact) mass is 332 g/mol. The molecule has 3 aromatic rings. The van der Waals surface area contributed by atoms with E-state index in [4.69, 9.17) is 9.84 Å². The molecule has 0 radical (unpaired) electrons. The third kappa shape index (κ3) is 4.68. The van der Waals surface area contributed by atoms with Crippen molar-refractivity contribution in [3.8, 4) is 11.5 Å². The van der Waals surface area contributed by atoms with Gasteiger partial charge in [0.2, 0.25) is 0 Å². The SMILES string of the molecule is O=C(O)c1cccc(N/N=C/c2cccc(Oc3ccccc3)c2)c1. The number of anilines is 1. The van der Waals surface area contributed by atoms with E-state index in [9.17, 15) is 4.79 Å². The fourth-order valence-electron chi connectivity index (χ4n) is 2.19. The molecule has 0 saturated heterocycles. The molecule has 25 heavy (non-hydrogen) atoms. The Morgan fingerprint density at radius 1 is 0.920 bits per heavy atom. The first kappa shape index (κ1) is 16.3. The van der Waals surface area contributed by atoms with Gasteiger partial charge in [-0.15, -0.1) is 0 Å². The first-order chi connectivity index (χ1) is 12.2. The molecule has 5 heteroatoms. The van der Waals surface area contributed by atoms with Gasteiger partial charge in [0, 0.05) is 0 Å². The van der Waals surface area contributed by atoms with Crippen molar-refractivity contribution in [2.24, 2.45) is 5.10 Å². The molecule has 2 N–H and O–H groups in total. The molecule has 0 spiro atoms. The van der Waals surface area contributed by atoms with Gasteiger partial charge in [-0.05, 0) is 48.0 Å². The van der Waals surface area contributed by atoms with Crippen molar-refractivity contribution in [2.45, 2.75) is 0 Å². The number of benzene rings is 3. The van der Waals surface area contributed by atoms with Crippen LogP contribution < -0.4 is 10.2 Å².